The van der Waals surface area contributed by atoms with Crippen LogP contribution in [0.1, 0.15) is 43.8 Å². The first-order chi connectivity index (χ1) is 6.67. The second-order valence-corrected chi connectivity index (χ2v) is 5.09. The molecule has 76 valence electrons. The van der Waals surface area contributed by atoms with Crippen molar-refractivity contribution in [1.29, 1.82) is 0 Å². The zero-order chi connectivity index (χ0) is 9.76. The molecule has 1 aliphatic heterocycles. The van der Waals surface area contributed by atoms with Gasteiger partial charge in [0.25, 0.3) is 0 Å². The molecule has 1 unspecified atom stereocenters. The van der Waals surface area contributed by atoms with Gasteiger partial charge in [-0.15, -0.1) is 0 Å². The van der Waals surface area contributed by atoms with Crippen molar-refractivity contribution < 1.29 is 4.52 Å². The third kappa shape index (κ3) is 1.17. The van der Waals surface area contributed by atoms with Gasteiger partial charge in [0, 0.05) is 19.0 Å². The molecule has 14 heavy (non-hydrogen) atoms. The van der Waals surface area contributed by atoms with E-state index in [2.05, 4.69) is 29.3 Å². The van der Waals surface area contributed by atoms with E-state index in [0.717, 1.165) is 24.8 Å². The molecule has 2 aliphatic rings. The van der Waals surface area contributed by atoms with E-state index in [4.69, 9.17) is 4.52 Å². The van der Waals surface area contributed by atoms with Crippen molar-refractivity contribution in [2.45, 2.75) is 32.1 Å². The highest BCUT2D eigenvalue weighted by molar-refractivity contribution is 5.15. The monoisotopic (exact) mass is 193 g/mol. The topological polar surface area (TPSA) is 51.0 Å². The molecule has 0 spiro atoms. The van der Waals surface area contributed by atoms with Crippen molar-refractivity contribution in [2.24, 2.45) is 5.41 Å². The third-order valence-electron chi connectivity index (χ3n) is 3.41. The molecule has 1 saturated heterocycles. The maximum atomic E-state index is 5.26. The van der Waals surface area contributed by atoms with Crippen molar-refractivity contribution in [3.63, 3.8) is 0 Å². The molecular formula is C10H15N3O. The van der Waals surface area contributed by atoms with Gasteiger partial charge in [0.15, 0.2) is 5.82 Å². The van der Waals surface area contributed by atoms with Crippen LogP contribution in [0.4, 0.5) is 0 Å². The molecule has 4 nitrogen and oxygen atoms in total. The Morgan fingerprint density at radius 2 is 2.14 bits per heavy atom. The van der Waals surface area contributed by atoms with Crippen LogP contribution in [0.3, 0.4) is 0 Å². The van der Waals surface area contributed by atoms with E-state index in [1.54, 1.807) is 0 Å². The summed E-state index contributed by atoms with van der Waals surface area (Å²) in [5, 5.41) is 7.27. The van der Waals surface area contributed by atoms with Crippen molar-refractivity contribution in [1.82, 2.24) is 15.5 Å². The van der Waals surface area contributed by atoms with Crippen molar-refractivity contribution in [3.05, 3.63) is 11.7 Å². The quantitative estimate of drug-likeness (QED) is 0.768. The summed E-state index contributed by atoms with van der Waals surface area (Å²) in [7, 11) is 0. The fraction of sp³-hybridized carbons (Fsp3) is 0.800. The number of nitrogens with zero attached hydrogens (tertiary/aromatic N) is 2. The molecule has 1 atom stereocenters. The molecule has 3 rings (SSSR count). The van der Waals surface area contributed by atoms with Crippen LogP contribution >= 0.6 is 0 Å². The molecule has 2 fully saturated rings. The lowest BCUT2D eigenvalue weighted by Crippen LogP contribution is -2.40. The predicted octanol–water partition coefficient (Wildman–Crippen LogP) is 1.27. The number of rotatable bonds is 2. The van der Waals surface area contributed by atoms with Gasteiger partial charge in [-0.3, -0.25) is 0 Å². The first-order valence-electron chi connectivity index (χ1n) is 5.21. The van der Waals surface area contributed by atoms with Gasteiger partial charge in [-0.25, -0.2) is 0 Å². The van der Waals surface area contributed by atoms with Gasteiger partial charge in [0.05, 0.1) is 5.92 Å². The molecule has 1 aliphatic carbocycles. The SMILES string of the molecule is CC1(C)CC1c1noc(C2CNC2)n1. The van der Waals surface area contributed by atoms with Crippen LogP contribution in [-0.2, 0) is 0 Å². The zero-order valence-corrected chi connectivity index (χ0v) is 8.58. The number of aromatic nitrogens is 2. The van der Waals surface area contributed by atoms with E-state index in [1.165, 1.54) is 6.42 Å². The minimum Gasteiger partial charge on any atom is -0.339 e. The lowest BCUT2D eigenvalue weighted by molar-refractivity contribution is 0.306. The highest BCUT2D eigenvalue weighted by Gasteiger charge is 2.49. The van der Waals surface area contributed by atoms with Crippen molar-refractivity contribution in [2.75, 3.05) is 13.1 Å². The van der Waals surface area contributed by atoms with Crippen LogP contribution < -0.4 is 5.32 Å². The van der Waals surface area contributed by atoms with Crippen LogP contribution in [0.25, 0.3) is 0 Å². The Labute approximate surface area is 83.1 Å². The minimum atomic E-state index is 0.388. The molecule has 0 amide bonds. The van der Waals surface area contributed by atoms with Gasteiger partial charge in [-0.1, -0.05) is 19.0 Å². The molecule has 1 aromatic rings. The van der Waals surface area contributed by atoms with E-state index in [-0.39, 0.29) is 0 Å². The molecule has 2 heterocycles. The average Bonchev–Trinajstić information content (AvgIpc) is 2.49. The van der Waals surface area contributed by atoms with E-state index < -0.39 is 0 Å². The second kappa shape index (κ2) is 2.57. The summed E-state index contributed by atoms with van der Waals surface area (Å²) in [6, 6.07) is 0. The van der Waals surface area contributed by atoms with Crippen LogP contribution in [0.5, 0.6) is 0 Å². The summed E-state index contributed by atoms with van der Waals surface area (Å²) in [6.45, 7) is 6.46. The Bertz CT molecular complexity index is 354. The normalized spacial score (nSPS) is 30.0. The summed E-state index contributed by atoms with van der Waals surface area (Å²) < 4.78 is 5.26. The van der Waals surface area contributed by atoms with E-state index in [0.29, 0.717) is 17.3 Å². The molecular weight excluding hydrogens is 178 g/mol. The molecule has 4 heteroatoms. The summed E-state index contributed by atoms with van der Waals surface area (Å²) in [5.41, 5.74) is 0.388. The molecule has 1 N–H and O–H groups in total. The average molecular weight is 193 g/mol. The number of hydrogen-bond acceptors (Lipinski definition) is 4. The predicted molar refractivity (Wildman–Crippen MR) is 51.0 cm³/mol. The first-order valence-corrected chi connectivity index (χ1v) is 5.21. The standard InChI is InChI=1S/C10H15N3O/c1-10(2)3-7(10)8-12-9(14-13-8)6-4-11-5-6/h6-7,11H,3-5H2,1-2H3. The highest BCUT2D eigenvalue weighted by Crippen LogP contribution is 2.57. The van der Waals surface area contributed by atoms with Gasteiger partial charge in [0.1, 0.15) is 0 Å². The van der Waals surface area contributed by atoms with Crippen LogP contribution in [0.2, 0.25) is 0 Å². The third-order valence-corrected chi connectivity index (χ3v) is 3.41. The van der Waals surface area contributed by atoms with Gasteiger partial charge >= 0.3 is 0 Å². The molecule has 1 saturated carbocycles. The maximum Gasteiger partial charge on any atom is 0.232 e. The molecule has 1 aromatic heterocycles. The van der Waals surface area contributed by atoms with Crippen molar-refractivity contribution >= 4 is 0 Å². The maximum absolute atomic E-state index is 5.26. The molecule has 0 aromatic carbocycles. The fourth-order valence-electron chi connectivity index (χ4n) is 1.93. The smallest absolute Gasteiger partial charge is 0.232 e. The van der Waals surface area contributed by atoms with E-state index in [1.807, 2.05) is 0 Å². The van der Waals surface area contributed by atoms with Crippen LogP contribution in [0.15, 0.2) is 4.52 Å². The van der Waals surface area contributed by atoms with Crippen molar-refractivity contribution in [3.8, 4) is 0 Å². The number of nitrogens with one attached hydrogen (secondary N) is 1. The highest BCUT2D eigenvalue weighted by atomic mass is 16.5. The second-order valence-electron chi connectivity index (χ2n) is 5.09. The van der Waals surface area contributed by atoms with Gasteiger partial charge in [-0.2, -0.15) is 4.98 Å². The Morgan fingerprint density at radius 1 is 1.43 bits per heavy atom. The summed E-state index contributed by atoms with van der Waals surface area (Å²) in [6.07, 6.45) is 1.19. The Kier molecular flexibility index (Phi) is 1.54. The Hall–Kier alpha value is -0.900. The minimum absolute atomic E-state index is 0.388. The Balaban J connectivity index is 1.77. The van der Waals surface area contributed by atoms with Crippen LogP contribution in [-0.4, -0.2) is 23.2 Å². The lowest BCUT2D eigenvalue weighted by atomic mass is 10.0. The zero-order valence-electron chi connectivity index (χ0n) is 8.58. The van der Waals surface area contributed by atoms with Gasteiger partial charge in [-0.05, 0) is 11.8 Å². The first kappa shape index (κ1) is 8.41. The van der Waals surface area contributed by atoms with Gasteiger partial charge in [0.2, 0.25) is 5.89 Å². The largest absolute Gasteiger partial charge is 0.339 e. The Morgan fingerprint density at radius 3 is 2.64 bits per heavy atom. The van der Waals surface area contributed by atoms with Crippen LogP contribution in [0, 0.1) is 5.41 Å². The lowest BCUT2D eigenvalue weighted by Gasteiger charge is -2.22. The number of hydrogen-bond donors (Lipinski definition) is 1. The van der Waals surface area contributed by atoms with Gasteiger partial charge < -0.3 is 9.84 Å². The summed E-state index contributed by atoms with van der Waals surface area (Å²) in [4.78, 5) is 4.47. The summed E-state index contributed by atoms with van der Waals surface area (Å²) in [5.74, 6) is 2.71. The van der Waals surface area contributed by atoms with E-state index >= 15 is 0 Å². The molecule has 0 radical (unpaired) electrons. The fourth-order valence-corrected chi connectivity index (χ4v) is 1.93. The van der Waals surface area contributed by atoms with E-state index in [9.17, 15) is 0 Å². The summed E-state index contributed by atoms with van der Waals surface area (Å²) >= 11 is 0. The molecule has 0 bridgehead atoms.